The van der Waals surface area contributed by atoms with Crippen LogP contribution in [0.1, 0.15) is 13.3 Å². The van der Waals surface area contributed by atoms with Crippen LogP contribution in [-0.4, -0.2) is 34.9 Å². The van der Waals surface area contributed by atoms with Gasteiger partial charge in [-0.05, 0) is 6.92 Å². The maximum Gasteiger partial charge on any atom is 0.333 e. The first-order valence-electron chi connectivity index (χ1n) is 3.66. The second-order valence-electron chi connectivity index (χ2n) is 2.63. The first-order valence-corrected chi connectivity index (χ1v) is 3.66. The van der Waals surface area contributed by atoms with Crippen molar-refractivity contribution in [2.45, 2.75) is 19.4 Å². The van der Waals surface area contributed by atoms with Gasteiger partial charge in [0.1, 0.15) is 6.61 Å². The average molecular weight is 188 g/mol. The standard InChI is InChI=1S/C8H12O5/c1-5(2)8(12)13-4-6(9)3-7(10)11/h6,9H,1,3-4H2,2H3,(H,10,11). The van der Waals surface area contributed by atoms with Crippen molar-refractivity contribution in [1.82, 2.24) is 0 Å². The minimum Gasteiger partial charge on any atom is -0.481 e. The maximum atomic E-state index is 10.8. The number of carboxylic acids is 1. The molecule has 5 nitrogen and oxygen atoms in total. The smallest absolute Gasteiger partial charge is 0.333 e. The van der Waals surface area contributed by atoms with Crippen molar-refractivity contribution in [3.63, 3.8) is 0 Å². The van der Waals surface area contributed by atoms with Gasteiger partial charge in [-0.3, -0.25) is 4.79 Å². The molecule has 0 aromatic rings. The van der Waals surface area contributed by atoms with E-state index in [-0.39, 0.29) is 12.2 Å². The van der Waals surface area contributed by atoms with Crippen molar-refractivity contribution < 1.29 is 24.5 Å². The Morgan fingerprint density at radius 1 is 1.54 bits per heavy atom. The largest absolute Gasteiger partial charge is 0.481 e. The van der Waals surface area contributed by atoms with Crippen LogP contribution in [0.4, 0.5) is 0 Å². The second kappa shape index (κ2) is 5.31. The zero-order chi connectivity index (χ0) is 10.4. The van der Waals surface area contributed by atoms with E-state index in [9.17, 15) is 9.59 Å². The van der Waals surface area contributed by atoms with Crippen LogP contribution < -0.4 is 0 Å². The number of carboxylic acid groups (broad SMARTS) is 1. The molecule has 5 heteroatoms. The third-order valence-corrected chi connectivity index (χ3v) is 1.17. The third-order valence-electron chi connectivity index (χ3n) is 1.17. The SMILES string of the molecule is C=C(C)C(=O)OCC(O)CC(=O)O. The van der Waals surface area contributed by atoms with E-state index in [2.05, 4.69) is 11.3 Å². The number of hydrogen-bond acceptors (Lipinski definition) is 4. The number of carbonyl (C=O) groups excluding carboxylic acids is 1. The van der Waals surface area contributed by atoms with E-state index in [0.717, 1.165) is 0 Å². The molecule has 2 N–H and O–H groups in total. The van der Waals surface area contributed by atoms with Crippen LogP contribution in [-0.2, 0) is 14.3 Å². The van der Waals surface area contributed by atoms with Crippen molar-refractivity contribution in [1.29, 1.82) is 0 Å². The predicted octanol–water partition coefficient (Wildman–Crippen LogP) is -0.0587. The highest BCUT2D eigenvalue weighted by molar-refractivity contribution is 5.86. The molecule has 0 amide bonds. The highest BCUT2D eigenvalue weighted by Gasteiger charge is 2.12. The summed E-state index contributed by atoms with van der Waals surface area (Å²) in [4.78, 5) is 20.8. The minimum absolute atomic E-state index is 0.211. The van der Waals surface area contributed by atoms with Gasteiger partial charge in [0, 0.05) is 5.57 Å². The molecular formula is C8H12O5. The Bertz CT molecular complexity index is 221. The number of carbonyl (C=O) groups is 2. The quantitative estimate of drug-likeness (QED) is 0.466. The van der Waals surface area contributed by atoms with Crippen molar-refractivity contribution in [3.05, 3.63) is 12.2 Å². The van der Waals surface area contributed by atoms with Crippen LogP contribution in [0.5, 0.6) is 0 Å². The van der Waals surface area contributed by atoms with Gasteiger partial charge in [0.15, 0.2) is 0 Å². The lowest BCUT2D eigenvalue weighted by Crippen LogP contribution is -2.21. The molecule has 0 aromatic carbocycles. The summed E-state index contributed by atoms with van der Waals surface area (Å²) >= 11 is 0. The predicted molar refractivity (Wildman–Crippen MR) is 44.0 cm³/mol. The van der Waals surface area contributed by atoms with E-state index in [1.807, 2.05) is 0 Å². The van der Waals surface area contributed by atoms with Crippen LogP contribution in [0.15, 0.2) is 12.2 Å². The molecule has 0 saturated heterocycles. The lowest BCUT2D eigenvalue weighted by molar-refractivity contribution is -0.146. The fourth-order valence-corrected chi connectivity index (χ4v) is 0.556. The molecule has 0 aliphatic carbocycles. The Hall–Kier alpha value is -1.36. The Morgan fingerprint density at radius 3 is 2.46 bits per heavy atom. The van der Waals surface area contributed by atoms with Crippen LogP contribution in [0.2, 0.25) is 0 Å². The van der Waals surface area contributed by atoms with Crippen LogP contribution in [0.3, 0.4) is 0 Å². The number of aliphatic hydroxyl groups is 1. The van der Waals surface area contributed by atoms with Crippen LogP contribution in [0.25, 0.3) is 0 Å². The average Bonchev–Trinajstić information content (AvgIpc) is 1.98. The lowest BCUT2D eigenvalue weighted by atomic mass is 10.3. The van der Waals surface area contributed by atoms with Gasteiger partial charge in [-0.15, -0.1) is 0 Å². The van der Waals surface area contributed by atoms with Crippen molar-refractivity contribution in [2.75, 3.05) is 6.61 Å². The fourth-order valence-electron chi connectivity index (χ4n) is 0.556. The summed E-state index contributed by atoms with van der Waals surface area (Å²) in [7, 11) is 0. The van der Waals surface area contributed by atoms with Gasteiger partial charge in [0.2, 0.25) is 0 Å². The molecule has 0 spiro atoms. The highest BCUT2D eigenvalue weighted by atomic mass is 16.5. The molecule has 1 atom stereocenters. The molecule has 74 valence electrons. The Morgan fingerprint density at radius 2 is 2.08 bits per heavy atom. The van der Waals surface area contributed by atoms with Crippen molar-refractivity contribution in [3.8, 4) is 0 Å². The maximum absolute atomic E-state index is 10.8. The molecule has 0 heterocycles. The Balaban J connectivity index is 3.70. The third kappa shape index (κ3) is 5.86. The Kier molecular flexibility index (Phi) is 4.76. The number of hydrogen-bond donors (Lipinski definition) is 2. The molecule has 0 fully saturated rings. The normalized spacial score (nSPS) is 11.8. The fraction of sp³-hybridized carbons (Fsp3) is 0.500. The molecule has 1 unspecified atom stereocenters. The second-order valence-corrected chi connectivity index (χ2v) is 2.63. The van der Waals surface area contributed by atoms with E-state index in [1.54, 1.807) is 0 Å². The van der Waals surface area contributed by atoms with Gasteiger partial charge in [-0.25, -0.2) is 4.79 Å². The van der Waals surface area contributed by atoms with Gasteiger partial charge < -0.3 is 14.9 Å². The minimum atomic E-state index is -1.17. The number of ether oxygens (including phenoxy) is 1. The molecule has 13 heavy (non-hydrogen) atoms. The van der Waals surface area contributed by atoms with Crippen molar-refractivity contribution in [2.24, 2.45) is 0 Å². The summed E-state index contributed by atoms with van der Waals surface area (Å²) in [5.74, 6) is -1.77. The highest BCUT2D eigenvalue weighted by Crippen LogP contribution is 1.97. The van der Waals surface area contributed by atoms with Crippen molar-refractivity contribution >= 4 is 11.9 Å². The summed E-state index contributed by atoms with van der Waals surface area (Å²) < 4.78 is 4.51. The molecule has 0 aliphatic rings. The molecule has 0 radical (unpaired) electrons. The first-order chi connectivity index (χ1) is 5.93. The number of aliphatic hydroxyl groups excluding tert-OH is 1. The van der Waals surface area contributed by atoms with Crippen LogP contribution in [0, 0.1) is 0 Å². The monoisotopic (exact) mass is 188 g/mol. The molecule has 0 aromatic heterocycles. The van der Waals surface area contributed by atoms with E-state index in [0.29, 0.717) is 0 Å². The number of esters is 1. The summed E-state index contributed by atoms with van der Waals surface area (Å²) in [6, 6.07) is 0. The lowest BCUT2D eigenvalue weighted by Gasteiger charge is -2.08. The zero-order valence-corrected chi connectivity index (χ0v) is 7.32. The molecule has 0 saturated carbocycles. The first kappa shape index (κ1) is 11.6. The van der Waals surface area contributed by atoms with Gasteiger partial charge in [0.25, 0.3) is 0 Å². The van der Waals surface area contributed by atoms with E-state index < -0.39 is 24.5 Å². The van der Waals surface area contributed by atoms with Gasteiger partial charge in [-0.2, -0.15) is 0 Å². The van der Waals surface area contributed by atoms with Gasteiger partial charge in [-0.1, -0.05) is 6.58 Å². The summed E-state index contributed by atoms with van der Waals surface area (Å²) in [6.07, 6.45) is -1.61. The van der Waals surface area contributed by atoms with E-state index >= 15 is 0 Å². The summed E-state index contributed by atoms with van der Waals surface area (Å²) in [5, 5.41) is 17.2. The van der Waals surface area contributed by atoms with E-state index in [4.69, 9.17) is 10.2 Å². The zero-order valence-electron chi connectivity index (χ0n) is 7.32. The van der Waals surface area contributed by atoms with Gasteiger partial charge in [0.05, 0.1) is 12.5 Å². The molecular weight excluding hydrogens is 176 g/mol. The molecule has 0 aliphatic heterocycles. The topological polar surface area (TPSA) is 83.8 Å². The molecule has 0 bridgehead atoms. The number of aliphatic carboxylic acids is 1. The Labute approximate surface area is 75.6 Å². The van der Waals surface area contributed by atoms with Gasteiger partial charge >= 0.3 is 11.9 Å². The summed E-state index contributed by atoms with van der Waals surface area (Å²) in [5.41, 5.74) is 0.211. The summed E-state index contributed by atoms with van der Waals surface area (Å²) in [6.45, 7) is 4.46. The number of rotatable bonds is 5. The van der Waals surface area contributed by atoms with Crippen LogP contribution >= 0.6 is 0 Å². The van der Waals surface area contributed by atoms with E-state index in [1.165, 1.54) is 6.92 Å². The molecule has 0 rings (SSSR count).